The van der Waals surface area contributed by atoms with Crippen LogP contribution in [0.1, 0.15) is 13.8 Å². The van der Waals surface area contributed by atoms with Crippen molar-refractivity contribution < 1.29 is 19.1 Å². The lowest BCUT2D eigenvalue weighted by molar-refractivity contribution is -0.123. The summed E-state index contributed by atoms with van der Waals surface area (Å²) in [4.78, 5) is 37.1. The molecule has 1 atom stereocenters. The van der Waals surface area contributed by atoms with Crippen molar-refractivity contribution in [3.63, 3.8) is 0 Å². The molecule has 0 saturated carbocycles. The summed E-state index contributed by atoms with van der Waals surface area (Å²) in [6.45, 7) is 3.02. The van der Waals surface area contributed by atoms with E-state index in [1.165, 1.54) is 18.7 Å². The fourth-order valence-corrected chi connectivity index (χ4v) is 2.73. The van der Waals surface area contributed by atoms with Gasteiger partial charge in [0.15, 0.2) is 6.10 Å². The maximum Gasteiger partial charge on any atom is 0.267 e. The summed E-state index contributed by atoms with van der Waals surface area (Å²) in [5, 5.41) is 5.43. The van der Waals surface area contributed by atoms with Crippen LogP contribution < -0.4 is 20.3 Å². The zero-order valence-corrected chi connectivity index (χ0v) is 14.5. The van der Waals surface area contributed by atoms with Gasteiger partial charge >= 0.3 is 0 Å². The highest BCUT2D eigenvalue weighted by molar-refractivity contribution is 5.99. The van der Waals surface area contributed by atoms with E-state index in [1.54, 1.807) is 42.5 Å². The number of carbonyl (C=O) groups is 3. The molecule has 7 heteroatoms. The van der Waals surface area contributed by atoms with E-state index in [2.05, 4.69) is 10.6 Å². The molecule has 0 saturated heterocycles. The van der Waals surface area contributed by atoms with E-state index >= 15 is 0 Å². The maximum atomic E-state index is 12.6. The largest absolute Gasteiger partial charge is 0.476 e. The van der Waals surface area contributed by atoms with E-state index in [1.807, 2.05) is 6.07 Å². The minimum Gasteiger partial charge on any atom is -0.476 e. The number of amides is 3. The highest BCUT2D eigenvalue weighted by Gasteiger charge is 2.32. The quantitative estimate of drug-likeness (QED) is 0.887. The van der Waals surface area contributed by atoms with E-state index < -0.39 is 6.10 Å². The van der Waals surface area contributed by atoms with Gasteiger partial charge in [0.25, 0.3) is 5.91 Å². The Morgan fingerprint density at radius 1 is 0.962 bits per heavy atom. The topological polar surface area (TPSA) is 87.7 Å². The van der Waals surface area contributed by atoms with Gasteiger partial charge in [0, 0.05) is 25.2 Å². The van der Waals surface area contributed by atoms with Crippen LogP contribution in [0.2, 0.25) is 0 Å². The van der Waals surface area contributed by atoms with Gasteiger partial charge in [-0.2, -0.15) is 0 Å². The molecule has 1 aliphatic rings. The second-order valence-corrected chi connectivity index (χ2v) is 5.95. The van der Waals surface area contributed by atoms with E-state index in [0.29, 0.717) is 22.8 Å². The normalized spacial score (nSPS) is 15.5. The first-order valence-electron chi connectivity index (χ1n) is 8.16. The number of ether oxygens (including phenoxy) is 1. The summed E-state index contributed by atoms with van der Waals surface area (Å²) in [5.74, 6) is -0.174. The van der Waals surface area contributed by atoms with Gasteiger partial charge in [-0.25, -0.2) is 0 Å². The van der Waals surface area contributed by atoms with Crippen LogP contribution in [0, 0.1) is 0 Å². The molecule has 0 aliphatic carbocycles. The molecule has 2 N–H and O–H groups in total. The van der Waals surface area contributed by atoms with E-state index in [0.717, 1.165) is 0 Å². The average Bonchev–Trinajstić information content (AvgIpc) is 2.61. The van der Waals surface area contributed by atoms with Crippen LogP contribution in [0.3, 0.4) is 0 Å². The van der Waals surface area contributed by atoms with E-state index in [-0.39, 0.29) is 24.3 Å². The number of carbonyl (C=O) groups excluding carboxylic acids is 3. The van der Waals surface area contributed by atoms with Crippen molar-refractivity contribution in [2.45, 2.75) is 20.0 Å². The van der Waals surface area contributed by atoms with E-state index in [4.69, 9.17) is 4.74 Å². The van der Waals surface area contributed by atoms with Crippen molar-refractivity contribution in [3.05, 3.63) is 48.5 Å². The molecule has 3 amide bonds. The van der Waals surface area contributed by atoms with Gasteiger partial charge in [-0.05, 0) is 36.4 Å². The monoisotopic (exact) mass is 353 g/mol. The number of benzene rings is 2. The third-order valence-electron chi connectivity index (χ3n) is 3.92. The fourth-order valence-electron chi connectivity index (χ4n) is 2.73. The number of anilines is 3. The number of hydrogen-bond donors (Lipinski definition) is 2. The van der Waals surface area contributed by atoms with Gasteiger partial charge in [-0.1, -0.05) is 12.1 Å². The number of hydrogen-bond acceptors (Lipinski definition) is 4. The van der Waals surface area contributed by atoms with Gasteiger partial charge in [0.05, 0.1) is 12.2 Å². The van der Waals surface area contributed by atoms with Crippen LogP contribution >= 0.6 is 0 Å². The Morgan fingerprint density at radius 3 is 2.19 bits per heavy atom. The second-order valence-electron chi connectivity index (χ2n) is 5.95. The molecule has 2 aromatic rings. The number of para-hydroxylation sites is 2. The molecule has 3 rings (SSSR count). The Balaban J connectivity index is 1.72. The summed E-state index contributed by atoms with van der Waals surface area (Å²) in [5.41, 5.74) is 1.87. The molecule has 2 aromatic carbocycles. The van der Waals surface area contributed by atoms with Crippen LogP contribution in [0.25, 0.3) is 0 Å². The maximum absolute atomic E-state index is 12.6. The molecule has 134 valence electrons. The van der Waals surface area contributed by atoms with Gasteiger partial charge in [0.2, 0.25) is 11.8 Å². The third kappa shape index (κ3) is 3.83. The first-order valence-corrected chi connectivity index (χ1v) is 8.16. The van der Waals surface area contributed by atoms with Crippen molar-refractivity contribution in [2.24, 2.45) is 0 Å². The zero-order valence-electron chi connectivity index (χ0n) is 14.5. The van der Waals surface area contributed by atoms with Crippen molar-refractivity contribution in [1.29, 1.82) is 0 Å². The molecule has 0 spiro atoms. The minimum atomic E-state index is -0.816. The predicted octanol–water partition coefficient (Wildman–Crippen LogP) is 2.40. The summed E-state index contributed by atoms with van der Waals surface area (Å²) < 4.78 is 5.76. The molecule has 1 heterocycles. The number of rotatable bonds is 3. The van der Waals surface area contributed by atoms with Crippen LogP contribution in [-0.4, -0.2) is 30.4 Å². The Kier molecular flexibility index (Phi) is 4.88. The average molecular weight is 353 g/mol. The molecule has 0 bridgehead atoms. The highest BCUT2D eigenvalue weighted by atomic mass is 16.5. The molecule has 0 radical (unpaired) electrons. The minimum absolute atomic E-state index is 0.141. The van der Waals surface area contributed by atoms with E-state index in [9.17, 15) is 14.4 Å². The second kappa shape index (κ2) is 7.26. The van der Waals surface area contributed by atoms with Gasteiger partial charge < -0.3 is 20.3 Å². The zero-order chi connectivity index (χ0) is 18.7. The Labute approximate surface area is 150 Å². The lowest BCUT2D eigenvalue weighted by Crippen LogP contribution is -2.48. The molecular weight excluding hydrogens is 334 g/mol. The number of nitrogens with zero attached hydrogens (tertiary/aromatic N) is 1. The molecular formula is C19H19N3O4. The lowest BCUT2D eigenvalue weighted by atomic mass is 10.1. The molecule has 1 aliphatic heterocycles. The first kappa shape index (κ1) is 17.5. The van der Waals surface area contributed by atoms with Crippen LogP contribution in [0.4, 0.5) is 17.1 Å². The Bertz CT molecular complexity index is 848. The lowest BCUT2D eigenvalue weighted by Gasteiger charge is -2.33. The van der Waals surface area contributed by atoms with Crippen molar-refractivity contribution in [2.75, 3.05) is 22.1 Å². The van der Waals surface area contributed by atoms with Crippen molar-refractivity contribution >= 4 is 34.8 Å². The van der Waals surface area contributed by atoms with Crippen LogP contribution in [-0.2, 0) is 14.4 Å². The van der Waals surface area contributed by atoms with Crippen LogP contribution in [0.15, 0.2) is 48.5 Å². The van der Waals surface area contributed by atoms with Gasteiger partial charge in [-0.3, -0.25) is 14.4 Å². The number of fused-ring (bicyclic) bond motifs is 1. The molecule has 0 unspecified atom stereocenters. The van der Waals surface area contributed by atoms with Crippen molar-refractivity contribution in [1.82, 2.24) is 0 Å². The first-order chi connectivity index (χ1) is 12.4. The fraction of sp³-hybridized carbons (Fsp3) is 0.211. The summed E-state index contributed by atoms with van der Waals surface area (Å²) >= 11 is 0. The smallest absolute Gasteiger partial charge is 0.267 e. The standard InChI is InChI=1S/C19H19N3O4/c1-12(23)20-14-7-9-15(10-8-14)21-19(25)18-11-22(13(2)24)16-5-3-4-6-17(16)26-18/h3-10,18H,11H2,1-2H3,(H,20,23)(H,21,25)/t18-/m1/s1. The van der Waals surface area contributed by atoms with Gasteiger partial charge in [0.1, 0.15) is 5.75 Å². The highest BCUT2D eigenvalue weighted by Crippen LogP contribution is 2.33. The number of nitrogens with one attached hydrogen (secondary N) is 2. The molecule has 0 fully saturated rings. The third-order valence-corrected chi connectivity index (χ3v) is 3.92. The molecule has 7 nitrogen and oxygen atoms in total. The van der Waals surface area contributed by atoms with Gasteiger partial charge in [-0.15, -0.1) is 0 Å². The SMILES string of the molecule is CC(=O)Nc1ccc(NC(=O)[C@H]2CN(C(C)=O)c3ccccc3O2)cc1. The van der Waals surface area contributed by atoms with Crippen molar-refractivity contribution in [3.8, 4) is 5.75 Å². The Morgan fingerprint density at radius 2 is 1.58 bits per heavy atom. The summed E-state index contributed by atoms with van der Waals surface area (Å²) in [6, 6.07) is 13.9. The predicted molar refractivity (Wildman–Crippen MR) is 98.3 cm³/mol. The molecule has 0 aromatic heterocycles. The van der Waals surface area contributed by atoms with Crippen LogP contribution in [0.5, 0.6) is 5.75 Å². The summed E-state index contributed by atoms with van der Waals surface area (Å²) in [7, 11) is 0. The Hall–Kier alpha value is -3.35. The summed E-state index contributed by atoms with van der Waals surface area (Å²) in [6.07, 6.45) is -0.816. The molecule has 26 heavy (non-hydrogen) atoms.